The normalized spacial score (nSPS) is 10.9. The molecule has 0 unspecified atom stereocenters. The highest BCUT2D eigenvalue weighted by Crippen LogP contribution is 2.17. The Bertz CT molecular complexity index is 454. The first-order valence-electron chi connectivity index (χ1n) is 5.99. The maximum atomic E-state index is 11.9. The summed E-state index contributed by atoms with van der Waals surface area (Å²) in [5.41, 5.74) is -0.0338. The molecule has 0 fully saturated rings. The fourth-order valence-corrected chi connectivity index (χ4v) is 1.80. The zero-order valence-electron chi connectivity index (χ0n) is 11.3. The first-order valence-corrected chi connectivity index (χ1v) is 6.78. The average molecular weight is 328 g/mol. The van der Waals surface area contributed by atoms with Gasteiger partial charge in [-0.2, -0.15) is 0 Å². The van der Waals surface area contributed by atoms with E-state index in [1.165, 1.54) is 7.11 Å². The summed E-state index contributed by atoms with van der Waals surface area (Å²) in [5.74, 6) is -0.856. The van der Waals surface area contributed by atoms with Crippen LogP contribution in [0, 0.1) is 5.41 Å². The monoisotopic (exact) mass is 327 g/mol. The van der Waals surface area contributed by atoms with Gasteiger partial charge < -0.3 is 10.1 Å². The number of carbonyl (C=O) groups is 2. The van der Waals surface area contributed by atoms with E-state index in [0.717, 1.165) is 16.5 Å². The molecule has 0 atom stereocenters. The van der Waals surface area contributed by atoms with Crippen molar-refractivity contribution in [2.45, 2.75) is 20.3 Å². The van der Waals surface area contributed by atoms with Gasteiger partial charge in [0.2, 0.25) is 5.91 Å². The molecule has 1 rings (SSSR count). The average Bonchev–Trinajstić information content (AvgIpc) is 2.39. The van der Waals surface area contributed by atoms with E-state index >= 15 is 0 Å². The van der Waals surface area contributed by atoms with Crippen molar-refractivity contribution < 1.29 is 14.3 Å². The third kappa shape index (κ3) is 4.35. The van der Waals surface area contributed by atoms with Crippen LogP contribution in [0.3, 0.4) is 0 Å². The molecular formula is C14H18BrNO3. The van der Waals surface area contributed by atoms with E-state index in [2.05, 4.69) is 26.0 Å². The number of ether oxygens (including phenoxy) is 1. The van der Waals surface area contributed by atoms with Gasteiger partial charge in [-0.05, 0) is 38.0 Å². The minimum absolute atomic E-state index is 0.323. The molecular weight excluding hydrogens is 310 g/mol. The smallest absolute Gasteiger partial charge is 0.320 e. The van der Waals surface area contributed by atoms with Crippen LogP contribution >= 0.6 is 15.9 Å². The van der Waals surface area contributed by atoms with Crippen LogP contribution in [-0.2, 0) is 20.7 Å². The molecule has 0 aromatic heterocycles. The lowest BCUT2D eigenvalue weighted by molar-refractivity contribution is -0.156. The Morgan fingerprint density at radius 3 is 2.37 bits per heavy atom. The Morgan fingerprint density at radius 2 is 1.84 bits per heavy atom. The van der Waals surface area contributed by atoms with Gasteiger partial charge in [0.15, 0.2) is 0 Å². The van der Waals surface area contributed by atoms with E-state index in [-0.39, 0.29) is 5.91 Å². The van der Waals surface area contributed by atoms with Crippen LogP contribution < -0.4 is 5.32 Å². The van der Waals surface area contributed by atoms with Gasteiger partial charge in [0, 0.05) is 11.0 Å². The zero-order chi connectivity index (χ0) is 14.5. The van der Waals surface area contributed by atoms with Crippen LogP contribution in [0.5, 0.6) is 0 Å². The summed E-state index contributed by atoms with van der Waals surface area (Å²) in [6.07, 6.45) is 0.719. The molecule has 0 bridgehead atoms. The fraction of sp³-hybridized carbons (Fsp3) is 0.429. The number of carbonyl (C=O) groups excluding carboxylic acids is 2. The van der Waals surface area contributed by atoms with Crippen LogP contribution in [0.4, 0.5) is 0 Å². The SMILES string of the molecule is COC(=O)C(C)(C)C(=O)NCCc1ccc(Br)cc1. The summed E-state index contributed by atoms with van der Waals surface area (Å²) in [4.78, 5) is 23.3. The van der Waals surface area contributed by atoms with Gasteiger partial charge in [-0.25, -0.2) is 0 Å². The van der Waals surface area contributed by atoms with Crippen molar-refractivity contribution >= 4 is 27.8 Å². The number of nitrogens with one attached hydrogen (secondary N) is 1. The van der Waals surface area contributed by atoms with Crippen molar-refractivity contribution in [3.8, 4) is 0 Å². The Hall–Kier alpha value is -1.36. The van der Waals surface area contributed by atoms with Crippen LogP contribution in [0.2, 0.25) is 0 Å². The van der Waals surface area contributed by atoms with E-state index < -0.39 is 11.4 Å². The minimum Gasteiger partial charge on any atom is -0.468 e. The summed E-state index contributed by atoms with van der Waals surface area (Å²) >= 11 is 3.37. The number of esters is 1. The number of halogens is 1. The second-order valence-corrected chi connectivity index (χ2v) is 5.66. The Labute approximate surface area is 121 Å². The first kappa shape index (κ1) is 15.7. The van der Waals surface area contributed by atoms with Crippen molar-refractivity contribution in [3.63, 3.8) is 0 Å². The molecule has 0 aliphatic rings. The van der Waals surface area contributed by atoms with E-state index in [0.29, 0.717) is 6.54 Å². The Kier molecular flexibility index (Phi) is 5.54. The molecule has 0 heterocycles. The molecule has 0 spiro atoms. The molecule has 4 nitrogen and oxygen atoms in total. The van der Waals surface area contributed by atoms with Crippen molar-refractivity contribution in [1.82, 2.24) is 5.32 Å². The number of hydrogen-bond acceptors (Lipinski definition) is 3. The molecule has 1 N–H and O–H groups in total. The maximum Gasteiger partial charge on any atom is 0.320 e. The van der Waals surface area contributed by atoms with E-state index in [1.54, 1.807) is 13.8 Å². The predicted octanol–water partition coefficient (Wildman–Crippen LogP) is 2.31. The number of methoxy groups -OCH3 is 1. The summed E-state index contributed by atoms with van der Waals surface area (Å²) in [6.45, 7) is 3.59. The summed E-state index contributed by atoms with van der Waals surface area (Å²) in [7, 11) is 1.28. The lowest BCUT2D eigenvalue weighted by Crippen LogP contribution is -2.43. The second kappa shape index (κ2) is 6.70. The number of rotatable bonds is 5. The number of amides is 1. The molecule has 1 aromatic carbocycles. The number of benzene rings is 1. The van der Waals surface area contributed by atoms with Crippen LogP contribution in [0.15, 0.2) is 28.7 Å². The predicted molar refractivity (Wildman–Crippen MR) is 76.7 cm³/mol. The Balaban J connectivity index is 2.47. The topological polar surface area (TPSA) is 55.4 Å². The first-order chi connectivity index (χ1) is 8.87. The van der Waals surface area contributed by atoms with Crippen molar-refractivity contribution in [3.05, 3.63) is 34.3 Å². The van der Waals surface area contributed by atoms with Crippen molar-refractivity contribution in [1.29, 1.82) is 0 Å². The van der Waals surface area contributed by atoms with Crippen molar-refractivity contribution in [2.75, 3.05) is 13.7 Å². The molecule has 0 aliphatic heterocycles. The lowest BCUT2D eigenvalue weighted by Gasteiger charge is -2.20. The Morgan fingerprint density at radius 1 is 1.26 bits per heavy atom. The van der Waals surface area contributed by atoms with E-state index in [9.17, 15) is 9.59 Å². The molecule has 19 heavy (non-hydrogen) atoms. The van der Waals surface area contributed by atoms with E-state index in [1.807, 2.05) is 24.3 Å². The highest BCUT2D eigenvalue weighted by atomic mass is 79.9. The zero-order valence-corrected chi connectivity index (χ0v) is 12.9. The van der Waals surface area contributed by atoms with Crippen LogP contribution in [-0.4, -0.2) is 25.5 Å². The minimum atomic E-state index is -1.16. The maximum absolute atomic E-state index is 11.9. The summed E-state index contributed by atoms with van der Waals surface area (Å²) < 4.78 is 5.63. The fourth-order valence-electron chi connectivity index (χ4n) is 1.54. The molecule has 0 saturated heterocycles. The molecule has 0 aliphatic carbocycles. The molecule has 5 heteroatoms. The van der Waals surface area contributed by atoms with Crippen molar-refractivity contribution in [2.24, 2.45) is 5.41 Å². The summed E-state index contributed by atoms with van der Waals surface area (Å²) in [6, 6.07) is 7.88. The van der Waals surface area contributed by atoms with Gasteiger partial charge in [-0.15, -0.1) is 0 Å². The highest BCUT2D eigenvalue weighted by molar-refractivity contribution is 9.10. The van der Waals surface area contributed by atoms with Gasteiger partial charge in [0.05, 0.1) is 7.11 Å². The highest BCUT2D eigenvalue weighted by Gasteiger charge is 2.36. The van der Waals surface area contributed by atoms with E-state index in [4.69, 9.17) is 0 Å². The molecule has 104 valence electrons. The standard InChI is InChI=1S/C14H18BrNO3/c1-14(2,13(18)19-3)12(17)16-9-8-10-4-6-11(15)7-5-10/h4-7H,8-9H2,1-3H3,(H,16,17). The van der Waals surface area contributed by atoms with Gasteiger partial charge in [-0.3, -0.25) is 9.59 Å². The summed E-state index contributed by atoms with van der Waals surface area (Å²) in [5, 5.41) is 2.75. The molecule has 1 amide bonds. The van der Waals surface area contributed by atoms with Gasteiger partial charge in [-0.1, -0.05) is 28.1 Å². The largest absolute Gasteiger partial charge is 0.468 e. The van der Waals surface area contributed by atoms with Gasteiger partial charge >= 0.3 is 5.97 Å². The second-order valence-electron chi connectivity index (χ2n) is 4.75. The quantitative estimate of drug-likeness (QED) is 0.667. The molecule has 0 radical (unpaired) electrons. The lowest BCUT2D eigenvalue weighted by atomic mass is 9.92. The third-order valence-corrected chi connectivity index (χ3v) is 3.40. The third-order valence-electron chi connectivity index (χ3n) is 2.88. The van der Waals surface area contributed by atoms with Gasteiger partial charge in [0.25, 0.3) is 0 Å². The van der Waals surface area contributed by atoms with Crippen LogP contribution in [0.1, 0.15) is 19.4 Å². The van der Waals surface area contributed by atoms with Crippen LogP contribution in [0.25, 0.3) is 0 Å². The molecule has 0 saturated carbocycles. The number of hydrogen-bond donors (Lipinski definition) is 1. The van der Waals surface area contributed by atoms with Gasteiger partial charge in [0.1, 0.15) is 5.41 Å². The molecule has 1 aromatic rings.